The molecule has 3 rings (SSSR count). The van der Waals surface area contributed by atoms with Gasteiger partial charge in [0, 0.05) is 19.6 Å². The molecule has 25 heavy (non-hydrogen) atoms. The molecule has 2 aromatic rings. The fourth-order valence-electron chi connectivity index (χ4n) is 3.17. The lowest BCUT2D eigenvalue weighted by molar-refractivity contribution is 0.0948. The van der Waals surface area contributed by atoms with Gasteiger partial charge in [0.05, 0.1) is 5.69 Å². The summed E-state index contributed by atoms with van der Waals surface area (Å²) in [7, 11) is 0. The van der Waals surface area contributed by atoms with Crippen LogP contribution in [0.5, 0.6) is 0 Å². The normalized spacial score (nSPS) is 12.4. The summed E-state index contributed by atoms with van der Waals surface area (Å²) in [6, 6.07) is 6.20. The number of rotatable bonds is 5. The number of aromatic amines is 1. The van der Waals surface area contributed by atoms with Gasteiger partial charge in [0.25, 0.3) is 11.5 Å². The molecule has 134 valence electrons. The maximum absolute atomic E-state index is 12.5. The van der Waals surface area contributed by atoms with Gasteiger partial charge < -0.3 is 10.6 Å². The van der Waals surface area contributed by atoms with Crippen molar-refractivity contribution >= 4 is 18.3 Å². The standard InChI is InChI=1S/C18H22N4O2.ClH/c1-3-14-15(4-2)21-22-18(24)16(14)17(23)20-8-11-5-6-12-9-19-10-13(12)7-11;/h5-7,19H,3-4,8-10H2,1-2H3,(H,20,23)(H,22,24);1H. The van der Waals surface area contributed by atoms with Crippen LogP contribution < -0.4 is 16.2 Å². The Morgan fingerprint density at radius 3 is 2.68 bits per heavy atom. The highest BCUT2D eigenvalue weighted by molar-refractivity contribution is 5.95. The molecule has 0 radical (unpaired) electrons. The number of hydrogen-bond donors (Lipinski definition) is 3. The van der Waals surface area contributed by atoms with E-state index in [4.69, 9.17) is 0 Å². The van der Waals surface area contributed by atoms with Gasteiger partial charge in [0.15, 0.2) is 0 Å². The van der Waals surface area contributed by atoms with Crippen molar-refractivity contribution in [3.05, 3.63) is 62.1 Å². The first kappa shape index (κ1) is 19.1. The number of H-pyrrole nitrogens is 1. The third-order valence-corrected chi connectivity index (χ3v) is 4.44. The van der Waals surface area contributed by atoms with Gasteiger partial charge in [-0.2, -0.15) is 5.10 Å². The van der Waals surface area contributed by atoms with E-state index in [1.165, 1.54) is 11.1 Å². The third kappa shape index (κ3) is 3.91. The van der Waals surface area contributed by atoms with Gasteiger partial charge in [-0.1, -0.05) is 32.0 Å². The molecule has 1 aromatic carbocycles. The Hall–Kier alpha value is -2.18. The minimum Gasteiger partial charge on any atom is -0.348 e. The van der Waals surface area contributed by atoms with Gasteiger partial charge in [-0.25, -0.2) is 5.10 Å². The number of halogens is 1. The van der Waals surface area contributed by atoms with E-state index >= 15 is 0 Å². The number of aryl methyl sites for hydroxylation is 1. The third-order valence-electron chi connectivity index (χ3n) is 4.44. The number of nitrogens with zero attached hydrogens (tertiary/aromatic N) is 1. The van der Waals surface area contributed by atoms with Gasteiger partial charge in [0.2, 0.25) is 0 Å². The number of aromatic nitrogens is 2. The Morgan fingerprint density at radius 2 is 1.96 bits per heavy atom. The van der Waals surface area contributed by atoms with E-state index in [9.17, 15) is 9.59 Å². The zero-order valence-electron chi connectivity index (χ0n) is 14.4. The van der Waals surface area contributed by atoms with Crippen molar-refractivity contribution in [2.75, 3.05) is 0 Å². The molecule has 1 aliphatic heterocycles. The van der Waals surface area contributed by atoms with Crippen LogP contribution in [0.1, 0.15) is 52.2 Å². The van der Waals surface area contributed by atoms with E-state index in [2.05, 4.69) is 33.0 Å². The number of fused-ring (bicyclic) bond motifs is 1. The Kier molecular flexibility index (Phi) is 6.33. The first-order valence-electron chi connectivity index (χ1n) is 8.34. The fraction of sp³-hybridized carbons (Fsp3) is 0.389. The monoisotopic (exact) mass is 362 g/mol. The van der Waals surface area contributed by atoms with Crippen LogP contribution in [0, 0.1) is 0 Å². The van der Waals surface area contributed by atoms with Crippen molar-refractivity contribution in [2.24, 2.45) is 0 Å². The summed E-state index contributed by atoms with van der Waals surface area (Å²) in [5, 5.41) is 12.6. The summed E-state index contributed by atoms with van der Waals surface area (Å²) in [5.74, 6) is -0.344. The number of carbonyl (C=O) groups is 1. The Labute approximate surface area is 152 Å². The molecule has 1 amide bonds. The van der Waals surface area contributed by atoms with E-state index in [0.717, 1.165) is 29.9 Å². The Morgan fingerprint density at radius 1 is 1.20 bits per heavy atom. The first-order chi connectivity index (χ1) is 11.6. The fourth-order valence-corrected chi connectivity index (χ4v) is 3.17. The zero-order chi connectivity index (χ0) is 17.1. The highest BCUT2D eigenvalue weighted by atomic mass is 35.5. The van der Waals surface area contributed by atoms with Crippen molar-refractivity contribution < 1.29 is 4.79 Å². The Balaban J connectivity index is 0.00000225. The molecule has 0 spiro atoms. The largest absolute Gasteiger partial charge is 0.348 e. The molecule has 3 N–H and O–H groups in total. The lowest BCUT2D eigenvalue weighted by atomic mass is 10.0. The lowest BCUT2D eigenvalue weighted by Gasteiger charge is -2.11. The zero-order valence-corrected chi connectivity index (χ0v) is 15.3. The minimum absolute atomic E-state index is 0. The average molecular weight is 363 g/mol. The predicted octanol–water partition coefficient (Wildman–Crippen LogP) is 1.85. The van der Waals surface area contributed by atoms with Crippen molar-refractivity contribution in [3.8, 4) is 0 Å². The van der Waals surface area contributed by atoms with Crippen LogP contribution in [0.3, 0.4) is 0 Å². The SMILES string of the molecule is CCc1n[nH]c(=O)c(C(=O)NCc2ccc3c(c2)CNC3)c1CC.Cl. The number of nitrogens with one attached hydrogen (secondary N) is 3. The molecule has 0 bridgehead atoms. The molecule has 0 saturated carbocycles. The summed E-state index contributed by atoms with van der Waals surface area (Å²) in [6.45, 7) is 6.05. The summed E-state index contributed by atoms with van der Waals surface area (Å²) < 4.78 is 0. The maximum atomic E-state index is 12.5. The smallest absolute Gasteiger partial charge is 0.277 e. The van der Waals surface area contributed by atoms with E-state index in [1.807, 2.05) is 19.9 Å². The van der Waals surface area contributed by atoms with Crippen LogP contribution >= 0.6 is 12.4 Å². The van der Waals surface area contributed by atoms with Crippen molar-refractivity contribution in [1.82, 2.24) is 20.8 Å². The summed E-state index contributed by atoms with van der Waals surface area (Å²) >= 11 is 0. The van der Waals surface area contributed by atoms with Crippen molar-refractivity contribution in [2.45, 2.75) is 46.3 Å². The second-order valence-electron chi connectivity index (χ2n) is 5.95. The molecule has 0 saturated heterocycles. The summed E-state index contributed by atoms with van der Waals surface area (Å²) in [6.07, 6.45) is 1.28. The molecule has 2 heterocycles. The van der Waals surface area contributed by atoms with Gasteiger partial charge in [-0.05, 0) is 35.1 Å². The molecule has 0 fully saturated rings. The molecule has 0 atom stereocenters. The highest BCUT2D eigenvalue weighted by Crippen LogP contribution is 2.17. The molecular formula is C18H23ClN4O2. The first-order valence-corrected chi connectivity index (χ1v) is 8.34. The summed E-state index contributed by atoms with van der Waals surface area (Å²) in [4.78, 5) is 24.6. The van der Waals surface area contributed by atoms with Crippen LogP contribution in [-0.2, 0) is 32.5 Å². The van der Waals surface area contributed by atoms with Crippen LogP contribution in [0.25, 0.3) is 0 Å². The topological polar surface area (TPSA) is 86.9 Å². The van der Waals surface area contributed by atoms with Gasteiger partial charge in [0.1, 0.15) is 5.56 Å². The van der Waals surface area contributed by atoms with Gasteiger partial charge in [-0.15, -0.1) is 12.4 Å². The molecule has 6 nitrogen and oxygen atoms in total. The molecule has 1 aromatic heterocycles. The molecular weight excluding hydrogens is 340 g/mol. The number of hydrogen-bond acceptors (Lipinski definition) is 4. The van der Waals surface area contributed by atoms with E-state index < -0.39 is 5.56 Å². The number of benzene rings is 1. The molecule has 0 unspecified atom stereocenters. The van der Waals surface area contributed by atoms with E-state index in [0.29, 0.717) is 19.4 Å². The van der Waals surface area contributed by atoms with Crippen LogP contribution in [0.2, 0.25) is 0 Å². The van der Waals surface area contributed by atoms with E-state index in [1.54, 1.807) is 0 Å². The van der Waals surface area contributed by atoms with Crippen molar-refractivity contribution in [1.29, 1.82) is 0 Å². The lowest BCUT2D eigenvalue weighted by Crippen LogP contribution is -2.32. The maximum Gasteiger partial charge on any atom is 0.277 e. The minimum atomic E-state index is -0.431. The second-order valence-corrected chi connectivity index (χ2v) is 5.95. The van der Waals surface area contributed by atoms with Crippen molar-refractivity contribution in [3.63, 3.8) is 0 Å². The van der Waals surface area contributed by atoms with E-state index in [-0.39, 0.29) is 23.9 Å². The number of carbonyl (C=O) groups excluding carboxylic acids is 1. The highest BCUT2D eigenvalue weighted by Gasteiger charge is 2.19. The van der Waals surface area contributed by atoms with Gasteiger partial charge in [-0.3, -0.25) is 9.59 Å². The van der Waals surface area contributed by atoms with Crippen LogP contribution in [0.15, 0.2) is 23.0 Å². The summed E-state index contributed by atoms with van der Waals surface area (Å²) in [5.41, 5.74) is 4.86. The predicted molar refractivity (Wildman–Crippen MR) is 99.0 cm³/mol. The quantitative estimate of drug-likeness (QED) is 0.757. The second kappa shape index (κ2) is 8.27. The molecule has 7 heteroatoms. The molecule has 1 aliphatic rings. The van der Waals surface area contributed by atoms with Crippen LogP contribution in [-0.4, -0.2) is 16.1 Å². The molecule has 0 aliphatic carbocycles. The Bertz CT molecular complexity index is 832. The van der Waals surface area contributed by atoms with Crippen LogP contribution in [0.4, 0.5) is 0 Å². The number of amides is 1. The van der Waals surface area contributed by atoms with Gasteiger partial charge >= 0.3 is 0 Å². The average Bonchev–Trinajstić information content (AvgIpc) is 3.06.